The molecule has 1 unspecified atom stereocenters. The summed E-state index contributed by atoms with van der Waals surface area (Å²) < 4.78 is 0. The molecule has 0 fully saturated rings. The van der Waals surface area contributed by atoms with Crippen LogP contribution in [-0.4, -0.2) is 17.5 Å². The quantitative estimate of drug-likeness (QED) is 0.850. The molecule has 0 saturated heterocycles. The van der Waals surface area contributed by atoms with E-state index < -0.39 is 5.91 Å². The number of benzene rings is 1. The normalized spacial score (nSPS) is 23.7. The van der Waals surface area contributed by atoms with Crippen molar-refractivity contribution >= 4 is 29.1 Å². The Bertz CT molecular complexity index is 877. The molecule has 5 heteroatoms. The zero-order valence-corrected chi connectivity index (χ0v) is 13.6. The van der Waals surface area contributed by atoms with Gasteiger partial charge in [0.2, 0.25) is 0 Å². The molecule has 4 rings (SSSR count). The smallest absolute Gasteiger partial charge is 0.279 e. The van der Waals surface area contributed by atoms with E-state index in [1.54, 1.807) is 30.3 Å². The van der Waals surface area contributed by atoms with Gasteiger partial charge in [0.25, 0.3) is 11.8 Å². The maximum atomic E-state index is 12.3. The average molecular weight is 339 g/mol. The molecule has 1 heterocycles. The Balaban J connectivity index is 1.64. The lowest BCUT2D eigenvalue weighted by Gasteiger charge is -2.28. The Morgan fingerprint density at radius 3 is 2.92 bits per heavy atom. The van der Waals surface area contributed by atoms with E-state index in [2.05, 4.69) is 10.3 Å². The first-order valence-electron chi connectivity index (χ1n) is 7.94. The molecule has 2 aliphatic carbocycles. The Hall–Kier alpha value is -2.46. The minimum absolute atomic E-state index is 0.0166. The number of nitrogens with one attached hydrogen (secondary N) is 1. The van der Waals surface area contributed by atoms with Gasteiger partial charge in [0.15, 0.2) is 0 Å². The first-order valence-corrected chi connectivity index (χ1v) is 8.32. The van der Waals surface area contributed by atoms with E-state index in [1.165, 1.54) is 5.57 Å². The van der Waals surface area contributed by atoms with Crippen LogP contribution in [0.3, 0.4) is 0 Å². The number of allylic oxidation sites excluding steroid dienone is 3. The van der Waals surface area contributed by atoms with Gasteiger partial charge in [-0.25, -0.2) is 4.99 Å². The topological polar surface area (TPSA) is 58.5 Å². The molecular formula is C19H15ClN2O2. The van der Waals surface area contributed by atoms with Crippen molar-refractivity contribution in [2.45, 2.75) is 19.3 Å². The third kappa shape index (κ3) is 2.53. The van der Waals surface area contributed by atoms with Crippen molar-refractivity contribution in [1.82, 2.24) is 5.32 Å². The van der Waals surface area contributed by atoms with Gasteiger partial charge in [-0.1, -0.05) is 29.8 Å². The molecular weight excluding hydrogens is 324 g/mol. The minimum Gasteiger partial charge on any atom is -0.325 e. The summed E-state index contributed by atoms with van der Waals surface area (Å²) in [5.74, 6) is -0.301. The van der Waals surface area contributed by atoms with Crippen LogP contribution in [0.2, 0.25) is 5.02 Å². The lowest BCUT2D eigenvalue weighted by molar-refractivity contribution is -0.117. The Morgan fingerprint density at radius 2 is 2.08 bits per heavy atom. The van der Waals surface area contributed by atoms with Crippen molar-refractivity contribution in [2.75, 3.05) is 0 Å². The largest absolute Gasteiger partial charge is 0.325 e. The second-order valence-corrected chi connectivity index (χ2v) is 6.48. The zero-order chi connectivity index (χ0) is 16.7. The number of carbonyl (C=O) groups is 2. The van der Waals surface area contributed by atoms with Crippen molar-refractivity contribution < 1.29 is 9.59 Å². The van der Waals surface area contributed by atoms with Crippen LogP contribution in [0.1, 0.15) is 29.6 Å². The van der Waals surface area contributed by atoms with Gasteiger partial charge in [0, 0.05) is 17.2 Å². The molecule has 1 aromatic rings. The molecule has 4 nitrogen and oxygen atoms in total. The van der Waals surface area contributed by atoms with E-state index >= 15 is 0 Å². The van der Waals surface area contributed by atoms with Crippen LogP contribution < -0.4 is 5.32 Å². The first-order chi connectivity index (χ1) is 11.6. The molecule has 0 spiro atoms. The van der Waals surface area contributed by atoms with Crippen molar-refractivity contribution in [3.05, 3.63) is 69.9 Å². The maximum Gasteiger partial charge on any atom is 0.279 e. The van der Waals surface area contributed by atoms with Crippen molar-refractivity contribution in [2.24, 2.45) is 10.9 Å². The Labute approximate surface area is 144 Å². The van der Waals surface area contributed by atoms with Gasteiger partial charge < -0.3 is 5.32 Å². The molecule has 2 amide bonds. The van der Waals surface area contributed by atoms with E-state index in [9.17, 15) is 9.59 Å². The van der Waals surface area contributed by atoms with Gasteiger partial charge in [-0.3, -0.25) is 9.59 Å². The van der Waals surface area contributed by atoms with Crippen LogP contribution in [0.5, 0.6) is 0 Å². The van der Waals surface area contributed by atoms with Crippen molar-refractivity contribution in [1.29, 1.82) is 0 Å². The van der Waals surface area contributed by atoms with Gasteiger partial charge in [-0.2, -0.15) is 0 Å². The number of amides is 2. The number of fused-ring (bicyclic) bond motifs is 2. The van der Waals surface area contributed by atoms with Gasteiger partial charge in [-0.05, 0) is 49.1 Å². The summed E-state index contributed by atoms with van der Waals surface area (Å²) in [7, 11) is 0. The van der Waals surface area contributed by atoms with E-state index in [4.69, 9.17) is 11.6 Å². The van der Waals surface area contributed by atoms with Crippen LogP contribution in [0.25, 0.3) is 0 Å². The number of carbonyl (C=O) groups excluding carboxylic acids is 2. The second-order valence-electron chi connectivity index (χ2n) is 6.07. The fraction of sp³-hybridized carbons (Fsp3) is 0.211. The lowest BCUT2D eigenvalue weighted by Crippen LogP contribution is -2.35. The Morgan fingerprint density at radius 1 is 1.25 bits per heavy atom. The summed E-state index contributed by atoms with van der Waals surface area (Å²) in [6, 6.07) is 6.83. The minimum atomic E-state index is -0.390. The summed E-state index contributed by atoms with van der Waals surface area (Å²) in [5.41, 5.74) is 3.82. The monoisotopic (exact) mass is 338 g/mol. The fourth-order valence-corrected chi connectivity index (χ4v) is 3.69. The number of nitrogens with zero attached hydrogens (tertiary/aromatic N) is 1. The highest BCUT2D eigenvalue weighted by atomic mass is 35.5. The molecule has 1 N–H and O–H groups in total. The number of halogens is 1. The zero-order valence-electron chi connectivity index (χ0n) is 12.9. The standard InChI is InChI=1S/C19H15ClN2O2/c20-16-7-2-1-4-15(16)19(24)21-11-8-9-13-12-5-3-6-14(12)18(23)22-17(13)10-11/h1-2,4,7-10,13H,3,5-6H2,(H,22,23). The first kappa shape index (κ1) is 15.1. The molecule has 0 aromatic heterocycles. The molecule has 1 aromatic carbocycles. The van der Waals surface area contributed by atoms with Gasteiger partial charge in [-0.15, -0.1) is 0 Å². The van der Waals surface area contributed by atoms with Gasteiger partial charge >= 0.3 is 0 Å². The average Bonchev–Trinajstić information content (AvgIpc) is 3.05. The summed E-state index contributed by atoms with van der Waals surface area (Å²) in [5, 5.41) is 3.32. The predicted octanol–water partition coefficient (Wildman–Crippen LogP) is 3.60. The molecule has 1 aliphatic heterocycles. The lowest BCUT2D eigenvalue weighted by atomic mass is 9.85. The van der Waals surface area contributed by atoms with Crippen LogP contribution in [0.4, 0.5) is 0 Å². The highest BCUT2D eigenvalue weighted by Gasteiger charge is 2.34. The van der Waals surface area contributed by atoms with Gasteiger partial charge in [0.1, 0.15) is 0 Å². The second kappa shape index (κ2) is 5.87. The summed E-state index contributed by atoms with van der Waals surface area (Å²) in [6.45, 7) is 0. The summed E-state index contributed by atoms with van der Waals surface area (Å²) in [6.07, 6.45) is 8.46. The molecule has 0 radical (unpaired) electrons. The summed E-state index contributed by atoms with van der Waals surface area (Å²) in [4.78, 5) is 28.6. The number of hydrogen-bond donors (Lipinski definition) is 1. The predicted molar refractivity (Wildman–Crippen MR) is 93.0 cm³/mol. The molecule has 24 heavy (non-hydrogen) atoms. The molecule has 3 aliphatic rings. The molecule has 120 valence electrons. The summed E-state index contributed by atoms with van der Waals surface area (Å²) >= 11 is 6.04. The highest BCUT2D eigenvalue weighted by molar-refractivity contribution is 6.34. The fourth-order valence-electron chi connectivity index (χ4n) is 3.47. The van der Waals surface area contributed by atoms with Gasteiger partial charge in [0.05, 0.1) is 16.3 Å². The van der Waals surface area contributed by atoms with Crippen LogP contribution in [-0.2, 0) is 4.79 Å². The SMILES string of the molecule is O=C1NC2=CC(=NC(=O)c3ccccc3Cl)C=CC2C2=C1CCC2. The van der Waals surface area contributed by atoms with Crippen LogP contribution >= 0.6 is 11.6 Å². The van der Waals surface area contributed by atoms with Crippen LogP contribution in [0, 0.1) is 5.92 Å². The molecule has 0 saturated carbocycles. The molecule has 0 bridgehead atoms. The van der Waals surface area contributed by atoms with Crippen molar-refractivity contribution in [3.63, 3.8) is 0 Å². The van der Waals surface area contributed by atoms with Crippen LogP contribution in [0.15, 0.2) is 64.3 Å². The van der Waals surface area contributed by atoms with E-state index in [1.807, 2.05) is 12.2 Å². The third-order valence-corrected chi connectivity index (χ3v) is 4.93. The number of hydrogen-bond acceptors (Lipinski definition) is 2. The van der Waals surface area contributed by atoms with Crippen molar-refractivity contribution in [3.8, 4) is 0 Å². The van der Waals surface area contributed by atoms with E-state index in [-0.39, 0.29) is 11.8 Å². The maximum absolute atomic E-state index is 12.3. The van der Waals surface area contributed by atoms with E-state index in [0.29, 0.717) is 16.3 Å². The Kier molecular flexibility index (Phi) is 3.69. The molecule has 1 atom stereocenters. The number of aliphatic imine (C=N–C) groups is 1. The third-order valence-electron chi connectivity index (χ3n) is 4.60. The highest BCUT2D eigenvalue weighted by Crippen LogP contribution is 2.39. The number of rotatable bonds is 1. The van der Waals surface area contributed by atoms with E-state index in [0.717, 1.165) is 30.5 Å².